The SMILES string of the molecule is CCOC[C@@H]1CC[C@@H](c2ncc(CCC(=O)O)s2)N1C(=O)Cc1ccc2nc(Nc3cc(F)ccc3OC)oc2c1F. The van der Waals surface area contributed by atoms with Crippen molar-refractivity contribution in [1.29, 1.82) is 0 Å². The second-order valence-corrected chi connectivity index (χ2v) is 11.0. The van der Waals surface area contributed by atoms with E-state index in [1.165, 1.54) is 42.7 Å². The van der Waals surface area contributed by atoms with Gasteiger partial charge in [0.2, 0.25) is 5.91 Å². The summed E-state index contributed by atoms with van der Waals surface area (Å²) in [5.74, 6) is -2.04. The molecule has 4 aromatic rings. The number of anilines is 2. The molecule has 1 aliphatic rings. The molecule has 10 nitrogen and oxygen atoms in total. The lowest BCUT2D eigenvalue weighted by Gasteiger charge is -2.29. The van der Waals surface area contributed by atoms with E-state index >= 15 is 4.39 Å². The minimum absolute atomic E-state index is 0.00167. The Hall–Kier alpha value is -4.10. The van der Waals surface area contributed by atoms with E-state index in [9.17, 15) is 14.0 Å². The summed E-state index contributed by atoms with van der Waals surface area (Å²) in [6.07, 6.45) is 3.16. The summed E-state index contributed by atoms with van der Waals surface area (Å²) in [6, 6.07) is 6.37. The molecule has 0 saturated carbocycles. The predicted octanol–water partition coefficient (Wildman–Crippen LogP) is 5.64. The number of likely N-dealkylation sites (tertiary alicyclic amines) is 1. The molecule has 2 aromatic heterocycles. The van der Waals surface area contributed by atoms with Crippen molar-refractivity contribution >= 4 is 46.0 Å². The first kappa shape index (κ1) is 29.4. The average Bonchev–Trinajstić information content (AvgIpc) is 3.71. The molecule has 42 heavy (non-hydrogen) atoms. The molecular weight excluding hydrogens is 570 g/mol. The standard InChI is InChI=1S/C29H30F2N4O6S/c1-3-40-15-18-6-9-22(28-32-14-19(42-28)7-11-25(37)38)35(18)24(36)12-16-4-8-20-27(26(16)31)41-29(33-20)34-21-13-17(30)5-10-23(21)39-2/h4-5,8,10,13-14,18,22H,3,6-7,9,11-12,15H2,1-2H3,(H,33,34)(H,37,38)/t18-,22-/m0/s1. The molecule has 222 valence electrons. The third-order valence-electron chi connectivity index (χ3n) is 7.07. The Morgan fingerprint density at radius 3 is 2.83 bits per heavy atom. The largest absolute Gasteiger partial charge is 0.495 e. The van der Waals surface area contributed by atoms with Crippen LogP contribution in [0.4, 0.5) is 20.5 Å². The molecule has 0 spiro atoms. The third-order valence-corrected chi connectivity index (χ3v) is 8.23. The van der Waals surface area contributed by atoms with Crippen LogP contribution in [-0.4, -0.2) is 58.2 Å². The van der Waals surface area contributed by atoms with Crippen LogP contribution in [0.15, 0.2) is 40.9 Å². The summed E-state index contributed by atoms with van der Waals surface area (Å²) in [6.45, 7) is 2.72. The molecule has 13 heteroatoms. The number of aryl methyl sites for hydroxylation is 1. The van der Waals surface area contributed by atoms with Gasteiger partial charge in [-0.2, -0.15) is 4.98 Å². The van der Waals surface area contributed by atoms with Gasteiger partial charge >= 0.3 is 5.97 Å². The minimum atomic E-state index is -0.887. The lowest BCUT2D eigenvalue weighted by Crippen LogP contribution is -2.40. The van der Waals surface area contributed by atoms with Crippen LogP contribution in [0.1, 0.15) is 47.7 Å². The Bertz CT molecular complexity index is 1590. The Labute approximate surface area is 244 Å². The fourth-order valence-corrected chi connectivity index (χ4v) is 6.13. The summed E-state index contributed by atoms with van der Waals surface area (Å²) in [5.41, 5.74) is 0.491. The number of amides is 1. The number of oxazole rings is 1. The first-order chi connectivity index (χ1) is 20.3. The number of carboxylic acids is 1. The maximum atomic E-state index is 15.7. The van der Waals surface area contributed by atoms with Crippen LogP contribution in [0.5, 0.6) is 5.75 Å². The van der Waals surface area contributed by atoms with Gasteiger partial charge in [-0.1, -0.05) is 6.07 Å². The Balaban J connectivity index is 1.37. The van der Waals surface area contributed by atoms with Gasteiger partial charge in [0, 0.05) is 29.3 Å². The van der Waals surface area contributed by atoms with Crippen LogP contribution in [0.3, 0.4) is 0 Å². The van der Waals surface area contributed by atoms with Gasteiger partial charge in [0.25, 0.3) is 6.01 Å². The molecule has 1 amide bonds. The third kappa shape index (κ3) is 6.36. The predicted molar refractivity (Wildman–Crippen MR) is 151 cm³/mol. The van der Waals surface area contributed by atoms with Crippen molar-refractivity contribution in [2.24, 2.45) is 0 Å². The Morgan fingerprint density at radius 1 is 1.24 bits per heavy atom. The van der Waals surface area contributed by atoms with Crippen LogP contribution in [0, 0.1) is 11.6 Å². The highest BCUT2D eigenvalue weighted by Crippen LogP contribution is 2.39. The molecule has 3 heterocycles. The number of carbonyl (C=O) groups excluding carboxylic acids is 1. The van der Waals surface area contributed by atoms with E-state index in [2.05, 4.69) is 15.3 Å². The second kappa shape index (κ2) is 12.8. The fraction of sp³-hybridized carbons (Fsp3) is 0.379. The quantitative estimate of drug-likeness (QED) is 0.212. The smallest absolute Gasteiger partial charge is 0.303 e. The van der Waals surface area contributed by atoms with Crippen molar-refractivity contribution in [2.45, 2.75) is 51.1 Å². The van der Waals surface area contributed by atoms with Gasteiger partial charge in [-0.25, -0.2) is 13.8 Å². The minimum Gasteiger partial charge on any atom is -0.495 e. The normalized spacial score (nSPS) is 16.7. The molecule has 5 rings (SSSR count). The number of carbonyl (C=O) groups is 2. The number of ether oxygens (including phenoxy) is 2. The lowest BCUT2D eigenvalue weighted by molar-refractivity contribution is -0.137. The number of benzene rings is 2. The Kier molecular flexibility index (Phi) is 8.97. The van der Waals surface area contributed by atoms with E-state index in [-0.39, 0.29) is 59.2 Å². The van der Waals surface area contributed by atoms with Crippen LogP contribution in [-0.2, 0) is 27.2 Å². The maximum Gasteiger partial charge on any atom is 0.303 e. The first-order valence-corrected chi connectivity index (χ1v) is 14.3. The molecule has 2 aromatic carbocycles. The molecule has 1 saturated heterocycles. The maximum absolute atomic E-state index is 15.7. The van der Waals surface area contributed by atoms with Gasteiger partial charge < -0.3 is 29.2 Å². The summed E-state index contributed by atoms with van der Waals surface area (Å²) in [5, 5.41) is 12.5. The molecule has 0 unspecified atom stereocenters. The number of fused-ring (bicyclic) bond motifs is 1. The number of nitrogens with zero attached hydrogens (tertiary/aromatic N) is 3. The van der Waals surface area contributed by atoms with Crippen LogP contribution < -0.4 is 10.1 Å². The second-order valence-electron chi connectivity index (χ2n) is 9.82. The highest BCUT2D eigenvalue weighted by atomic mass is 32.1. The summed E-state index contributed by atoms with van der Waals surface area (Å²) >= 11 is 1.39. The number of carboxylic acid groups (broad SMARTS) is 1. The number of hydrogen-bond donors (Lipinski definition) is 2. The van der Waals surface area contributed by atoms with E-state index < -0.39 is 17.6 Å². The summed E-state index contributed by atoms with van der Waals surface area (Å²) < 4.78 is 45.9. The first-order valence-electron chi connectivity index (χ1n) is 13.5. The van der Waals surface area contributed by atoms with Gasteiger partial charge in [0.05, 0.1) is 44.3 Å². The number of aromatic nitrogens is 2. The van der Waals surface area contributed by atoms with Gasteiger partial charge in [0.15, 0.2) is 11.4 Å². The van der Waals surface area contributed by atoms with E-state index in [1.807, 2.05) is 6.92 Å². The number of hydrogen-bond acceptors (Lipinski definition) is 9. The number of nitrogens with one attached hydrogen (secondary N) is 1. The average molecular weight is 601 g/mol. The molecule has 1 fully saturated rings. The molecule has 1 aliphatic heterocycles. The molecular formula is C29H30F2N4O6S. The van der Waals surface area contributed by atoms with Crippen molar-refractivity contribution in [2.75, 3.05) is 25.6 Å². The van der Waals surface area contributed by atoms with E-state index in [4.69, 9.17) is 19.0 Å². The molecule has 2 atom stereocenters. The van der Waals surface area contributed by atoms with Gasteiger partial charge in [-0.3, -0.25) is 9.59 Å². The fourth-order valence-electron chi connectivity index (χ4n) is 5.08. The topological polar surface area (TPSA) is 127 Å². The Morgan fingerprint density at radius 2 is 2.07 bits per heavy atom. The highest BCUT2D eigenvalue weighted by molar-refractivity contribution is 7.11. The molecule has 0 aliphatic carbocycles. The van der Waals surface area contributed by atoms with Gasteiger partial charge in [0.1, 0.15) is 22.1 Å². The number of methoxy groups -OCH3 is 1. The van der Waals surface area contributed by atoms with Gasteiger partial charge in [-0.15, -0.1) is 11.3 Å². The van der Waals surface area contributed by atoms with Crippen molar-refractivity contribution < 1.29 is 37.4 Å². The van der Waals surface area contributed by atoms with Crippen molar-refractivity contribution in [1.82, 2.24) is 14.9 Å². The zero-order valence-corrected chi connectivity index (χ0v) is 23.9. The van der Waals surface area contributed by atoms with Crippen molar-refractivity contribution in [3.63, 3.8) is 0 Å². The van der Waals surface area contributed by atoms with E-state index in [1.54, 1.807) is 17.2 Å². The van der Waals surface area contributed by atoms with Crippen molar-refractivity contribution in [3.8, 4) is 5.75 Å². The van der Waals surface area contributed by atoms with Crippen LogP contribution in [0.2, 0.25) is 0 Å². The van der Waals surface area contributed by atoms with E-state index in [0.29, 0.717) is 38.2 Å². The number of thiazole rings is 1. The molecule has 0 bridgehead atoms. The summed E-state index contributed by atoms with van der Waals surface area (Å²) in [7, 11) is 1.43. The molecule has 0 radical (unpaired) electrons. The zero-order valence-electron chi connectivity index (χ0n) is 23.1. The van der Waals surface area contributed by atoms with E-state index in [0.717, 1.165) is 9.88 Å². The number of rotatable bonds is 12. The summed E-state index contributed by atoms with van der Waals surface area (Å²) in [4.78, 5) is 36.0. The lowest BCUT2D eigenvalue weighted by atomic mass is 10.1. The van der Waals surface area contributed by atoms with Crippen LogP contribution >= 0.6 is 11.3 Å². The van der Waals surface area contributed by atoms with Gasteiger partial charge in [-0.05, 0) is 44.4 Å². The highest BCUT2D eigenvalue weighted by Gasteiger charge is 2.39. The monoisotopic (exact) mass is 600 g/mol. The number of aliphatic carboxylic acids is 1. The number of halogens is 2. The molecule has 2 N–H and O–H groups in total. The van der Waals surface area contributed by atoms with Crippen molar-refractivity contribution in [3.05, 3.63) is 63.6 Å². The zero-order chi connectivity index (χ0) is 29.8. The van der Waals surface area contributed by atoms with Crippen LogP contribution in [0.25, 0.3) is 11.1 Å².